The molecule has 0 radical (unpaired) electrons. The molecule has 2 atom stereocenters. The maximum Gasteiger partial charge on any atom is 0.141 e. The maximum atomic E-state index is 5.98. The predicted octanol–water partition coefficient (Wildman–Crippen LogP) is 2.38. The fraction of sp³-hybridized carbons (Fsp3) is 0.538. The maximum absolute atomic E-state index is 5.98. The van der Waals surface area contributed by atoms with Crippen molar-refractivity contribution in [1.29, 1.82) is 0 Å². The minimum atomic E-state index is 0.348. The second-order valence-electron chi connectivity index (χ2n) is 4.47. The van der Waals surface area contributed by atoms with Crippen molar-refractivity contribution in [3.05, 3.63) is 24.3 Å². The first-order valence-electron chi connectivity index (χ1n) is 5.94. The molecule has 0 spiro atoms. The highest BCUT2D eigenvalue weighted by Gasteiger charge is 2.19. The summed E-state index contributed by atoms with van der Waals surface area (Å²) >= 11 is 0. The van der Waals surface area contributed by atoms with Crippen molar-refractivity contribution >= 4 is 5.69 Å². The molecule has 2 unspecified atom stereocenters. The number of benzene rings is 1. The van der Waals surface area contributed by atoms with E-state index in [1.165, 1.54) is 12.8 Å². The van der Waals surface area contributed by atoms with Gasteiger partial charge < -0.3 is 15.8 Å². The van der Waals surface area contributed by atoms with Crippen molar-refractivity contribution in [3.8, 4) is 5.75 Å². The first kappa shape index (κ1) is 11.3. The Kier molecular flexibility index (Phi) is 3.67. The Labute approximate surface area is 97.0 Å². The van der Waals surface area contributed by atoms with Crippen LogP contribution in [-0.4, -0.2) is 19.2 Å². The van der Waals surface area contributed by atoms with E-state index in [0.29, 0.717) is 12.1 Å². The zero-order valence-corrected chi connectivity index (χ0v) is 9.78. The van der Waals surface area contributed by atoms with Gasteiger partial charge >= 0.3 is 0 Å². The van der Waals surface area contributed by atoms with Crippen molar-refractivity contribution in [2.45, 2.75) is 37.8 Å². The number of nitrogens with one attached hydrogen (secondary N) is 1. The Hall–Kier alpha value is -1.22. The minimum Gasteiger partial charge on any atom is -0.495 e. The highest BCUT2D eigenvalue weighted by molar-refractivity contribution is 5.56. The molecule has 3 heteroatoms. The lowest BCUT2D eigenvalue weighted by Crippen LogP contribution is -2.34. The fourth-order valence-corrected chi connectivity index (χ4v) is 2.34. The van der Waals surface area contributed by atoms with E-state index in [-0.39, 0.29) is 0 Å². The van der Waals surface area contributed by atoms with Gasteiger partial charge in [0.2, 0.25) is 0 Å². The lowest BCUT2D eigenvalue weighted by Gasteiger charge is -2.28. The Bertz CT molecular complexity index is 340. The van der Waals surface area contributed by atoms with Crippen LogP contribution in [0.4, 0.5) is 5.69 Å². The van der Waals surface area contributed by atoms with Crippen LogP contribution in [0.3, 0.4) is 0 Å². The number of anilines is 1. The molecule has 1 aromatic rings. The van der Waals surface area contributed by atoms with Gasteiger partial charge in [0.15, 0.2) is 0 Å². The summed E-state index contributed by atoms with van der Waals surface area (Å²) in [6.07, 6.45) is 4.63. The molecule has 0 amide bonds. The summed E-state index contributed by atoms with van der Waals surface area (Å²) in [5.74, 6) is 0.904. The Morgan fingerprint density at radius 3 is 2.88 bits per heavy atom. The van der Waals surface area contributed by atoms with Crippen LogP contribution in [0, 0.1) is 0 Å². The molecule has 0 heterocycles. The number of methoxy groups -OCH3 is 1. The highest BCUT2D eigenvalue weighted by Crippen LogP contribution is 2.27. The molecule has 3 N–H and O–H groups in total. The molecule has 0 aliphatic heterocycles. The lowest BCUT2D eigenvalue weighted by molar-refractivity contribution is 0.400. The van der Waals surface area contributed by atoms with Crippen LogP contribution in [0.1, 0.15) is 25.7 Å². The zero-order chi connectivity index (χ0) is 11.4. The number of ether oxygens (including phenoxy) is 1. The minimum absolute atomic E-state index is 0.348. The summed E-state index contributed by atoms with van der Waals surface area (Å²) in [4.78, 5) is 0. The molecule has 3 nitrogen and oxygen atoms in total. The molecular formula is C13H20N2O. The first-order valence-corrected chi connectivity index (χ1v) is 5.94. The van der Waals surface area contributed by atoms with Crippen LogP contribution in [0.25, 0.3) is 0 Å². The Morgan fingerprint density at radius 2 is 2.12 bits per heavy atom. The molecule has 16 heavy (non-hydrogen) atoms. The van der Waals surface area contributed by atoms with Crippen LogP contribution in [0.15, 0.2) is 24.3 Å². The van der Waals surface area contributed by atoms with Gasteiger partial charge in [0.05, 0.1) is 12.8 Å². The van der Waals surface area contributed by atoms with Crippen molar-refractivity contribution in [2.24, 2.45) is 5.73 Å². The van der Waals surface area contributed by atoms with Crippen LogP contribution < -0.4 is 15.8 Å². The van der Waals surface area contributed by atoms with E-state index in [0.717, 1.165) is 24.3 Å². The van der Waals surface area contributed by atoms with Gasteiger partial charge in [0, 0.05) is 12.1 Å². The summed E-state index contributed by atoms with van der Waals surface area (Å²) in [6.45, 7) is 0. The number of nitrogens with two attached hydrogens (primary N) is 1. The summed E-state index contributed by atoms with van der Waals surface area (Å²) in [5, 5.41) is 3.53. The molecule has 1 aromatic carbocycles. The third-order valence-corrected chi connectivity index (χ3v) is 3.18. The van der Waals surface area contributed by atoms with Gasteiger partial charge in [-0.3, -0.25) is 0 Å². The number of hydrogen-bond donors (Lipinski definition) is 2. The molecule has 1 aliphatic rings. The third kappa shape index (κ3) is 2.67. The molecule has 1 saturated carbocycles. The summed E-state index contributed by atoms with van der Waals surface area (Å²) in [7, 11) is 1.70. The Morgan fingerprint density at radius 1 is 1.31 bits per heavy atom. The van der Waals surface area contributed by atoms with E-state index in [1.807, 2.05) is 18.2 Å². The van der Waals surface area contributed by atoms with Gasteiger partial charge in [-0.15, -0.1) is 0 Å². The molecule has 1 aliphatic carbocycles. The van der Waals surface area contributed by atoms with Crippen LogP contribution in [0.2, 0.25) is 0 Å². The summed E-state index contributed by atoms with van der Waals surface area (Å²) in [6, 6.07) is 8.87. The molecule has 88 valence electrons. The van der Waals surface area contributed by atoms with Gasteiger partial charge in [0.25, 0.3) is 0 Å². The normalized spacial score (nSPS) is 25.1. The van der Waals surface area contributed by atoms with Gasteiger partial charge in [-0.1, -0.05) is 12.1 Å². The van der Waals surface area contributed by atoms with Gasteiger partial charge in [-0.05, 0) is 37.8 Å². The van der Waals surface area contributed by atoms with Crippen molar-refractivity contribution in [2.75, 3.05) is 12.4 Å². The highest BCUT2D eigenvalue weighted by atomic mass is 16.5. The van der Waals surface area contributed by atoms with Gasteiger partial charge in [-0.25, -0.2) is 0 Å². The van der Waals surface area contributed by atoms with E-state index in [4.69, 9.17) is 10.5 Å². The fourth-order valence-electron chi connectivity index (χ4n) is 2.34. The van der Waals surface area contributed by atoms with Crippen LogP contribution in [0.5, 0.6) is 5.75 Å². The molecule has 0 aromatic heterocycles. The monoisotopic (exact) mass is 220 g/mol. The van der Waals surface area contributed by atoms with E-state index in [9.17, 15) is 0 Å². The SMILES string of the molecule is COc1ccccc1NC1CCCC(N)C1. The average Bonchev–Trinajstić information content (AvgIpc) is 2.30. The zero-order valence-electron chi connectivity index (χ0n) is 9.78. The molecular weight excluding hydrogens is 200 g/mol. The first-order chi connectivity index (χ1) is 7.79. The average molecular weight is 220 g/mol. The van der Waals surface area contributed by atoms with Gasteiger partial charge in [0.1, 0.15) is 5.75 Å². The summed E-state index contributed by atoms with van der Waals surface area (Å²) < 4.78 is 5.32. The molecule has 0 saturated heterocycles. The van der Waals surface area contributed by atoms with Crippen LogP contribution in [-0.2, 0) is 0 Å². The van der Waals surface area contributed by atoms with Crippen LogP contribution >= 0.6 is 0 Å². The van der Waals surface area contributed by atoms with E-state index < -0.39 is 0 Å². The largest absolute Gasteiger partial charge is 0.495 e. The quantitative estimate of drug-likeness (QED) is 0.822. The predicted molar refractivity (Wildman–Crippen MR) is 66.8 cm³/mol. The number of hydrogen-bond acceptors (Lipinski definition) is 3. The van der Waals surface area contributed by atoms with E-state index >= 15 is 0 Å². The Balaban J connectivity index is 2.02. The van der Waals surface area contributed by atoms with Crippen molar-refractivity contribution in [3.63, 3.8) is 0 Å². The van der Waals surface area contributed by atoms with Crippen molar-refractivity contribution < 1.29 is 4.74 Å². The smallest absolute Gasteiger partial charge is 0.141 e. The molecule has 2 rings (SSSR count). The molecule has 1 fully saturated rings. The topological polar surface area (TPSA) is 47.3 Å². The molecule has 0 bridgehead atoms. The second-order valence-corrected chi connectivity index (χ2v) is 4.47. The third-order valence-electron chi connectivity index (χ3n) is 3.18. The van der Waals surface area contributed by atoms with Gasteiger partial charge in [-0.2, -0.15) is 0 Å². The van der Waals surface area contributed by atoms with E-state index in [2.05, 4.69) is 11.4 Å². The van der Waals surface area contributed by atoms with E-state index in [1.54, 1.807) is 7.11 Å². The van der Waals surface area contributed by atoms with Crippen molar-refractivity contribution in [1.82, 2.24) is 0 Å². The standard InChI is InChI=1S/C13H20N2O/c1-16-13-8-3-2-7-12(13)15-11-6-4-5-10(14)9-11/h2-3,7-8,10-11,15H,4-6,9,14H2,1H3. The summed E-state index contributed by atoms with van der Waals surface area (Å²) in [5.41, 5.74) is 7.05. The number of rotatable bonds is 3. The lowest BCUT2D eigenvalue weighted by atomic mass is 9.91. The number of para-hydroxylation sites is 2. The second kappa shape index (κ2) is 5.21.